The zero-order valence-electron chi connectivity index (χ0n) is 13.8. The Morgan fingerprint density at radius 2 is 2.09 bits per heavy atom. The number of alkyl carbamates (subject to hydrolysis) is 1. The first-order chi connectivity index (χ1) is 10.2. The summed E-state index contributed by atoms with van der Waals surface area (Å²) >= 11 is 0. The topological polar surface area (TPSA) is 87.0 Å². The van der Waals surface area contributed by atoms with Gasteiger partial charge < -0.3 is 15.4 Å². The minimum absolute atomic E-state index is 0.0905. The number of pyridine rings is 1. The van der Waals surface area contributed by atoms with Crippen LogP contribution >= 0.6 is 0 Å². The fourth-order valence-electron chi connectivity index (χ4n) is 1.69. The first kappa shape index (κ1) is 17.8. The molecule has 0 radical (unpaired) electrons. The molecule has 2 N–H and O–H groups in total. The predicted octanol–water partition coefficient (Wildman–Crippen LogP) is 2.91. The molecule has 6 nitrogen and oxygen atoms in total. The summed E-state index contributed by atoms with van der Waals surface area (Å²) in [6, 6.07) is 5.37. The van der Waals surface area contributed by atoms with Crippen molar-refractivity contribution in [3.05, 3.63) is 23.9 Å². The Labute approximate surface area is 131 Å². The lowest BCUT2D eigenvalue weighted by molar-refractivity contribution is 0.0494. The fraction of sp³-hybridized carbons (Fsp3) is 0.562. The molecule has 1 rings (SSSR count). The number of anilines is 1. The van der Waals surface area contributed by atoms with Gasteiger partial charge in [-0.1, -0.05) is 13.8 Å². The highest BCUT2D eigenvalue weighted by atomic mass is 16.6. The van der Waals surface area contributed by atoms with Crippen LogP contribution in [0.4, 0.5) is 10.6 Å². The molecule has 1 unspecified atom stereocenters. The smallest absolute Gasteiger partial charge is 0.407 e. The number of amides is 1. The van der Waals surface area contributed by atoms with Gasteiger partial charge in [-0.2, -0.15) is 5.26 Å². The summed E-state index contributed by atoms with van der Waals surface area (Å²) in [7, 11) is 0. The third-order valence-corrected chi connectivity index (χ3v) is 2.90. The van der Waals surface area contributed by atoms with Crippen molar-refractivity contribution in [1.82, 2.24) is 10.3 Å². The van der Waals surface area contributed by atoms with E-state index >= 15 is 0 Å². The lowest BCUT2D eigenvalue weighted by Gasteiger charge is -2.26. The second-order valence-corrected chi connectivity index (χ2v) is 6.42. The summed E-state index contributed by atoms with van der Waals surface area (Å²) in [6.45, 7) is 10.1. The SMILES string of the molecule is CC(C)C(CNc1ccc(C#N)cn1)NC(=O)OC(C)(C)C. The Bertz CT molecular complexity index is 527. The molecule has 0 aromatic carbocycles. The largest absolute Gasteiger partial charge is 0.444 e. The lowest BCUT2D eigenvalue weighted by Crippen LogP contribution is -2.45. The van der Waals surface area contributed by atoms with E-state index in [1.54, 1.807) is 12.1 Å². The van der Waals surface area contributed by atoms with Crippen molar-refractivity contribution in [2.24, 2.45) is 5.92 Å². The molecule has 6 heteroatoms. The highest BCUT2D eigenvalue weighted by molar-refractivity contribution is 5.68. The Hall–Kier alpha value is -2.29. The van der Waals surface area contributed by atoms with Gasteiger partial charge in [0.2, 0.25) is 0 Å². The molecule has 1 atom stereocenters. The number of rotatable bonds is 5. The van der Waals surface area contributed by atoms with E-state index in [9.17, 15) is 4.79 Å². The van der Waals surface area contributed by atoms with Crippen molar-refractivity contribution in [3.63, 3.8) is 0 Å². The number of nitrogens with one attached hydrogen (secondary N) is 2. The number of nitrogens with zero attached hydrogens (tertiary/aromatic N) is 2. The fourth-order valence-corrected chi connectivity index (χ4v) is 1.69. The van der Waals surface area contributed by atoms with Crippen LogP contribution in [0.3, 0.4) is 0 Å². The molecule has 0 saturated heterocycles. The van der Waals surface area contributed by atoms with Gasteiger partial charge in [-0.3, -0.25) is 0 Å². The molecule has 1 heterocycles. The van der Waals surface area contributed by atoms with Crippen LogP contribution in [-0.2, 0) is 4.74 Å². The van der Waals surface area contributed by atoms with Gasteiger partial charge in [0.15, 0.2) is 0 Å². The normalized spacial score (nSPS) is 12.4. The van der Waals surface area contributed by atoms with Gasteiger partial charge in [0.25, 0.3) is 0 Å². The van der Waals surface area contributed by atoms with Crippen molar-refractivity contribution >= 4 is 11.9 Å². The highest BCUT2D eigenvalue weighted by Crippen LogP contribution is 2.10. The summed E-state index contributed by atoms with van der Waals surface area (Å²) in [4.78, 5) is 16.0. The average Bonchev–Trinajstić information content (AvgIpc) is 2.41. The standard InChI is InChI=1S/C16H24N4O2/c1-11(2)13(20-15(21)22-16(3,4)5)10-19-14-7-6-12(8-17)9-18-14/h6-7,9,11,13H,10H2,1-5H3,(H,18,19)(H,20,21). The maximum absolute atomic E-state index is 11.9. The van der Waals surface area contributed by atoms with E-state index in [0.717, 1.165) is 0 Å². The minimum atomic E-state index is -0.520. The molecule has 22 heavy (non-hydrogen) atoms. The summed E-state index contributed by atoms with van der Waals surface area (Å²) < 4.78 is 5.27. The number of carbonyl (C=O) groups is 1. The van der Waals surface area contributed by atoms with Gasteiger partial charge in [-0.15, -0.1) is 0 Å². The molecule has 120 valence electrons. The second kappa shape index (κ2) is 7.64. The van der Waals surface area contributed by atoms with Gasteiger partial charge in [-0.05, 0) is 38.8 Å². The van der Waals surface area contributed by atoms with Gasteiger partial charge in [0.1, 0.15) is 17.5 Å². The predicted molar refractivity (Wildman–Crippen MR) is 85.4 cm³/mol. The Balaban J connectivity index is 2.57. The van der Waals surface area contributed by atoms with Crippen LogP contribution in [0, 0.1) is 17.2 Å². The number of nitriles is 1. The third kappa shape index (κ3) is 6.44. The van der Waals surface area contributed by atoms with Crippen molar-refractivity contribution in [2.45, 2.75) is 46.3 Å². The van der Waals surface area contributed by atoms with Crippen LogP contribution in [0.15, 0.2) is 18.3 Å². The number of aromatic nitrogens is 1. The Kier molecular flexibility index (Phi) is 6.17. The zero-order chi connectivity index (χ0) is 16.8. The molecule has 1 aromatic heterocycles. The molecule has 1 aromatic rings. The number of carbonyl (C=O) groups excluding carboxylic acids is 1. The van der Waals surface area contributed by atoms with Gasteiger partial charge in [-0.25, -0.2) is 9.78 Å². The monoisotopic (exact) mass is 304 g/mol. The molecule has 0 aliphatic heterocycles. The quantitative estimate of drug-likeness (QED) is 0.873. The summed E-state index contributed by atoms with van der Waals surface area (Å²) in [5, 5.41) is 14.8. The van der Waals surface area contributed by atoms with E-state index in [4.69, 9.17) is 10.00 Å². The Morgan fingerprint density at radius 1 is 1.41 bits per heavy atom. The molecular weight excluding hydrogens is 280 g/mol. The molecule has 1 amide bonds. The van der Waals surface area contributed by atoms with Gasteiger partial charge in [0, 0.05) is 12.7 Å². The van der Waals surface area contributed by atoms with Crippen LogP contribution in [0.2, 0.25) is 0 Å². The van der Waals surface area contributed by atoms with E-state index < -0.39 is 11.7 Å². The van der Waals surface area contributed by atoms with Gasteiger partial charge in [0.05, 0.1) is 11.6 Å². The van der Waals surface area contributed by atoms with Gasteiger partial charge >= 0.3 is 6.09 Å². The molecule has 0 aliphatic rings. The molecule has 0 bridgehead atoms. The first-order valence-electron chi connectivity index (χ1n) is 7.31. The Morgan fingerprint density at radius 3 is 2.55 bits per heavy atom. The molecular formula is C16H24N4O2. The number of hydrogen-bond acceptors (Lipinski definition) is 5. The van der Waals surface area contributed by atoms with Crippen molar-refractivity contribution < 1.29 is 9.53 Å². The highest BCUT2D eigenvalue weighted by Gasteiger charge is 2.21. The second-order valence-electron chi connectivity index (χ2n) is 6.42. The molecule has 0 saturated carbocycles. The summed E-state index contributed by atoms with van der Waals surface area (Å²) in [6.07, 6.45) is 1.08. The van der Waals surface area contributed by atoms with E-state index in [1.807, 2.05) is 40.7 Å². The molecule has 0 spiro atoms. The summed E-state index contributed by atoms with van der Waals surface area (Å²) in [5.74, 6) is 0.897. The number of ether oxygens (including phenoxy) is 1. The van der Waals surface area contributed by atoms with Crippen LogP contribution in [0.1, 0.15) is 40.2 Å². The van der Waals surface area contributed by atoms with Crippen LogP contribution in [0.5, 0.6) is 0 Å². The lowest BCUT2D eigenvalue weighted by atomic mass is 10.0. The minimum Gasteiger partial charge on any atom is -0.444 e. The maximum atomic E-state index is 11.9. The zero-order valence-corrected chi connectivity index (χ0v) is 13.8. The first-order valence-corrected chi connectivity index (χ1v) is 7.31. The van der Waals surface area contributed by atoms with Crippen molar-refractivity contribution in [2.75, 3.05) is 11.9 Å². The van der Waals surface area contributed by atoms with E-state index in [-0.39, 0.29) is 12.0 Å². The average molecular weight is 304 g/mol. The summed E-state index contributed by atoms with van der Waals surface area (Å²) in [5.41, 5.74) is -0.00823. The van der Waals surface area contributed by atoms with Crippen LogP contribution in [-0.4, -0.2) is 29.3 Å². The van der Waals surface area contributed by atoms with E-state index in [2.05, 4.69) is 15.6 Å². The van der Waals surface area contributed by atoms with Crippen LogP contribution in [0.25, 0.3) is 0 Å². The molecule has 0 aliphatic carbocycles. The van der Waals surface area contributed by atoms with E-state index in [1.165, 1.54) is 6.20 Å². The number of hydrogen-bond donors (Lipinski definition) is 2. The maximum Gasteiger partial charge on any atom is 0.407 e. The van der Waals surface area contributed by atoms with E-state index in [0.29, 0.717) is 17.9 Å². The van der Waals surface area contributed by atoms with Crippen molar-refractivity contribution in [1.29, 1.82) is 5.26 Å². The van der Waals surface area contributed by atoms with Crippen LogP contribution < -0.4 is 10.6 Å². The third-order valence-electron chi connectivity index (χ3n) is 2.90. The molecule has 0 fully saturated rings. The van der Waals surface area contributed by atoms with Crippen molar-refractivity contribution in [3.8, 4) is 6.07 Å².